The number of hydrogen-bond acceptors (Lipinski definition) is 3. The van der Waals surface area contributed by atoms with E-state index >= 15 is 0 Å². The van der Waals surface area contributed by atoms with Crippen LogP contribution in [0.4, 0.5) is 5.69 Å². The van der Waals surface area contributed by atoms with Crippen LogP contribution in [0.15, 0.2) is 46.9 Å². The quantitative estimate of drug-likeness (QED) is 0.680. The Bertz CT molecular complexity index is 623. The van der Waals surface area contributed by atoms with Gasteiger partial charge in [-0.25, -0.2) is 0 Å². The van der Waals surface area contributed by atoms with Crippen molar-refractivity contribution in [2.45, 2.75) is 19.4 Å². The molecule has 2 N–H and O–H groups in total. The molecule has 0 heterocycles. The molecule has 0 saturated carbocycles. The zero-order valence-electron chi connectivity index (χ0n) is 11.0. The van der Waals surface area contributed by atoms with Gasteiger partial charge in [0.05, 0.1) is 4.92 Å². The standard InChI is InChI=1S/C15H15BrN2O2/c1-10-6-12(8-13(16)7-10)14(17)9-11-4-2-3-5-15(11)18(19)20/h2-8,14H,9,17H2,1H3. The molecule has 0 aromatic heterocycles. The van der Waals surface area contributed by atoms with Crippen molar-refractivity contribution >= 4 is 21.6 Å². The lowest BCUT2D eigenvalue weighted by molar-refractivity contribution is -0.385. The zero-order valence-corrected chi connectivity index (χ0v) is 12.6. The maximum absolute atomic E-state index is 11.0. The highest BCUT2D eigenvalue weighted by Crippen LogP contribution is 2.26. The summed E-state index contributed by atoms with van der Waals surface area (Å²) >= 11 is 3.44. The molecule has 1 atom stereocenters. The van der Waals surface area contributed by atoms with Crippen LogP contribution in [-0.2, 0) is 6.42 Å². The van der Waals surface area contributed by atoms with E-state index in [9.17, 15) is 10.1 Å². The third kappa shape index (κ3) is 3.43. The van der Waals surface area contributed by atoms with Crippen molar-refractivity contribution in [3.63, 3.8) is 0 Å². The molecule has 5 heteroatoms. The van der Waals surface area contributed by atoms with Crippen LogP contribution in [0.5, 0.6) is 0 Å². The van der Waals surface area contributed by atoms with Crippen LogP contribution in [-0.4, -0.2) is 4.92 Å². The fourth-order valence-corrected chi connectivity index (χ4v) is 2.82. The number of nitro benzene ring substituents is 1. The summed E-state index contributed by atoms with van der Waals surface area (Å²) in [6, 6.07) is 12.4. The number of nitrogens with two attached hydrogens (primary N) is 1. The second-order valence-electron chi connectivity index (χ2n) is 4.76. The largest absolute Gasteiger partial charge is 0.324 e. The Morgan fingerprint density at radius 1 is 1.30 bits per heavy atom. The molecule has 4 nitrogen and oxygen atoms in total. The van der Waals surface area contributed by atoms with Crippen LogP contribution in [0, 0.1) is 17.0 Å². The van der Waals surface area contributed by atoms with E-state index in [4.69, 9.17) is 5.73 Å². The minimum absolute atomic E-state index is 0.120. The number of halogens is 1. The second kappa shape index (κ2) is 6.15. The van der Waals surface area contributed by atoms with Gasteiger partial charge in [-0.05, 0) is 36.6 Å². The van der Waals surface area contributed by atoms with E-state index in [1.807, 2.05) is 25.1 Å². The fraction of sp³-hybridized carbons (Fsp3) is 0.200. The van der Waals surface area contributed by atoms with Gasteiger partial charge in [-0.15, -0.1) is 0 Å². The third-order valence-electron chi connectivity index (χ3n) is 3.12. The van der Waals surface area contributed by atoms with Crippen LogP contribution in [0.2, 0.25) is 0 Å². The average Bonchev–Trinajstić information content (AvgIpc) is 2.37. The molecule has 2 aromatic carbocycles. The van der Waals surface area contributed by atoms with Gasteiger partial charge in [-0.1, -0.05) is 40.2 Å². The highest BCUT2D eigenvalue weighted by Gasteiger charge is 2.16. The molecule has 0 aliphatic heterocycles. The summed E-state index contributed by atoms with van der Waals surface area (Å²) in [5.74, 6) is 0. The minimum atomic E-state index is -0.367. The minimum Gasteiger partial charge on any atom is -0.324 e. The Balaban J connectivity index is 2.28. The van der Waals surface area contributed by atoms with Crippen molar-refractivity contribution in [3.8, 4) is 0 Å². The van der Waals surface area contributed by atoms with E-state index in [1.165, 1.54) is 6.07 Å². The Morgan fingerprint density at radius 2 is 2.00 bits per heavy atom. The monoisotopic (exact) mass is 334 g/mol. The average molecular weight is 335 g/mol. The van der Waals surface area contributed by atoms with Crippen molar-refractivity contribution in [2.75, 3.05) is 0 Å². The molecule has 0 aliphatic carbocycles. The lowest BCUT2D eigenvalue weighted by atomic mass is 9.97. The smallest absolute Gasteiger partial charge is 0.272 e. The summed E-state index contributed by atoms with van der Waals surface area (Å²) in [4.78, 5) is 10.6. The van der Waals surface area contributed by atoms with Crippen LogP contribution < -0.4 is 5.73 Å². The lowest BCUT2D eigenvalue weighted by Gasteiger charge is -2.13. The molecule has 2 aromatic rings. The molecule has 2 rings (SSSR count). The highest BCUT2D eigenvalue weighted by molar-refractivity contribution is 9.10. The van der Waals surface area contributed by atoms with Gasteiger partial charge in [0.25, 0.3) is 5.69 Å². The summed E-state index contributed by atoms with van der Waals surface area (Å²) < 4.78 is 0.963. The molecule has 0 fully saturated rings. The van der Waals surface area contributed by atoms with Crippen molar-refractivity contribution in [1.82, 2.24) is 0 Å². The predicted octanol–water partition coefficient (Wildman–Crippen LogP) is 3.91. The summed E-state index contributed by atoms with van der Waals surface area (Å²) in [6.45, 7) is 1.99. The molecule has 104 valence electrons. The van der Waals surface area contributed by atoms with Gasteiger partial charge in [-0.2, -0.15) is 0 Å². The normalized spacial score (nSPS) is 12.2. The summed E-state index contributed by atoms with van der Waals surface area (Å²) in [5.41, 5.74) is 9.04. The van der Waals surface area contributed by atoms with Gasteiger partial charge >= 0.3 is 0 Å². The Hall–Kier alpha value is -1.72. The molecule has 1 unspecified atom stereocenters. The number of nitrogens with zero attached hydrogens (tertiary/aromatic N) is 1. The number of nitro groups is 1. The van der Waals surface area contributed by atoms with Gasteiger partial charge in [0.15, 0.2) is 0 Å². The first kappa shape index (κ1) is 14.7. The molecular formula is C15H15BrN2O2. The molecular weight excluding hydrogens is 320 g/mol. The Kier molecular flexibility index (Phi) is 4.52. The van der Waals surface area contributed by atoms with E-state index in [-0.39, 0.29) is 16.7 Å². The van der Waals surface area contributed by atoms with Crippen molar-refractivity contribution in [1.29, 1.82) is 0 Å². The molecule has 0 spiro atoms. The van der Waals surface area contributed by atoms with Gasteiger partial charge in [-0.3, -0.25) is 10.1 Å². The molecule has 0 aliphatic rings. The Labute approximate surface area is 125 Å². The number of para-hydroxylation sites is 1. The van der Waals surface area contributed by atoms with Crippen LogP contribution in [0.25, 0.3) is 0 Å². The van der Waals surface area contributed by atoms with Gasteiger partial charge in [0.1, 0.15) is 0 Å². The molecule has 0 saturated heterocycles. The van der Waals surface area contributed by atoms with Crippen LogP contribution in [0.1, 0.15) is 22.7 Å². The molecule has 0 bridgehead atoms. The van der Waals surface area contributed by atoms with E-state index in [0.29, 0.717) is 12.0 Å². The van der Waals surface area contributed by atoms with Crippen LogP contribution >= 0.6 is 15.9 Å². The van der Waals surface area contributed by atoms with Gasteiger partial charge in [0.2, 0.25) is 0 Å². The second-order valence-corrected chi connectivity index (χ2v) is 5.67. The highest BCUT2D eigenvalue weighted by atomic mass is 79.9. The third-order valence-corrected chi connectivity index (χ3v) is 3.58. The lowest BCUT2D eigenvalue weighted by Crippen LogP contribution is -2.14. The number of rotatable bonds is 4. The number of aryl methyl sites for hydroxylation is 1. The van der Waals surface area contributed by atoms with Crippen molar-refractivity contribution < 1.29 is 4.92 Å². The number of hydrogen-bond donors (Lipinski definition) is 1. The maximum Gasteiger partial charge on any atom is 0.272 e. The topological polar surface area (TPSA) is 69.2 Å². The summed E-state index contributed by atoms with van der Waals surface area (Å²) in [6.07, 6.45) is 0.438. The fourth-order valence-electron chi connectivity index (χ4n) is 2.20. The van der Waals surface area contributed by atoms with Gasteiger partial charge in [0, 0.05) is 22.1 Å². The van der Waals surface area contributed by atoms with Gasteiger partial charge < -0.3 is 5.73 Å². The van der Waals surface area contributed by atoms with E-state index in [1.54, 1.807) is 18.2 Å². The van der Waals surface area contributed by atoms with E-state index in [0.717, 1.165) is 15.6 Å². The SMILES string of the molecule is Cc1cc(Br)cc(C(N)Cc2ccccc2[N+](=O)[O-])c1. The van der Waals surface area contributed by atoms with E-state index < -0.39 is 0 Å². The van der Waals surface area contributed by atoms with Crippen molar-refractivity contribution in [2.24, 2.45) is 5.73 Å². The number of benzene rings is 2. The predicted molar refractivity (Wildman–Crippen MR) is 82.6 cm³/mol. The van der Waals surface area contributed by atoms with E-state index in [2.05, 4.69) is 15.9 Å². The zero-order chi connectivity index (χ0) is 14.7. The molecule has 20 heavy (non-hydrogen) atoms. The first-order valence-electron chi connectivity index (χ1n) is 6.22. The summed E-state index contributed by atoms with van der Waals surface area (Å²) in [7, 11) is 0. The first-order chi connectivity index (χ1) is 9.47. The molecule has 0 radical (unpaired) electrons. The molecule has 0 amide bonds. The van der Waals surface area contributed by atoms with Crippen molar-refractivity contribution in [3.05, 3.63) is 73.7 Å². The summed E-state index contributed by atoms with van der Waals surface area (Å²) in [5, 5.41) is 11.0. The maximum atomic E-state index is 11.0. The Morgan fingerprint density at radius 3 is 2.65 bits per heavy atom. The first-order valence-corrected chi connectivity index (χ1v) is 7.01. The van der Waals surface area contributed by atoms with Crippen LogP contribution in [0.3, 0.4) is 0 Å².